The molecule has 1 aromatic heterocycles. The molecular formula is C16H21N3O2S. The molecule has 5 nitrogen and oxygen atoms in total. The summed E-state index contributed by atoms with van der Waals surface area (Å²) in [4.78, 5) is 27.3. The minimum atomic E-state index is -0.135. The standard InChI is InChI=1S/C16H21N3O2S/c1-10(2)6-7-17-15(21)9-12-4-5-13-14(8-12)22-16(19-13)18-11(3)20/h4-5,8,10H,6-7,9H2,1-3H3,(H,17,21)(H,18,19,20). The molecule has 0 saturated heterocycles. The Morgan fingerprint density at radius 2 is 2.09 bits per heavy atom. The molecule has 0 aliphatic heterocycles. The number of carbonyl (C=O) groups excluding carboxylic acids is 2. The molecule has 1 aromatic carbocycles. The Morgan fingerprint density at radius 3 is 2.77 bits per heavy atom. The molecule has 0 radical (unpaired) electrons. The number of nitrogens with one attached hydrogen (secondary N) is 2. The highest BCUT2D eigenvalue weighted by Crippen LogP contribution is 2.26. The third kappa shape index (κ3) is 4.80. The minimum Gasteiger partial charge on any atom is -0.356 e. The molecule has 118 valence electrons. The molecule has 0 aliphatic carbocycles. The number of anilines is 1. The second-order valence-corrected chi connectivity index (χ2v) is 6.74. The third-order valence-corrected chi connectivity index (χ3v) is 4.08. The van der Waals surface area contributed by atoms with E-state index in [1.165, 1.54) is 18.3 Å². The van der Waals surface area contributed by atoms with Gasteiger partial charge < -0.3 is 10.6 Å². The summed E-state index contributed by atoms with van der Waals surface area (Å²) < 4.78 is 0.969. The van der Waals surface area contributed by atoms with E-state index in [1.807, 2.05) is 18.2 Å². The SMILES string of the molecule is CC(=O)Nc1nc2ccc(CC(=O)NCCC(C)C)cc2s1. The zero-order chi connectivity index (χ0) is 16.1. The first-order chi connectivity index (χ1) is 10.4. The molecule has 2 amide bonds. The number of nitrogens with zero attached hydrogens (tertiary/aromatic N) is 1. The summed E-state index contributed by atoms with van der Waals surface area (Å²) >= 11 is 1.41. The average Bonchev–Trinajstić information content (AvgIpc) is 2.78. The molecule has 0 unspecified atom stereocenters. The van der Waals surface area contributed by atoms with Crippen LogP contribution in [0, 0.1) is 5.92 Å². The van der Waals surface area contributed by atoms with Gasteiger partial charge >= 0.3 is 0 Å². The zero-order valence-electron chi connectivity index (χ0n) is 13.1. The van der Waals surface area contributed by atoms with Gasteiger partial charge in [-0.1, -0.05) is 31.3 Å². The van der Waals surface area contributed by atoms with Crippen molar-refractivity contribution in [1.82, 2.24) is 10.3 Å². The van der Waals surface area contributed by atoms with Crippen LogP contribution in [0.2, 0.25) is 0 Å². The first-order valence-corrected chi connectivity index (χ1v) is 8.19. The molecule has 0 bridgehead atoms. The summed E-state index contributed by atoms with van der Waals surface area (Å²) in [5.74, 6) is 0.483. The molecule has 6 heteroatoms. The first kappa shape index (κ1) is 16.4. The van der Waals surface area contributed by atoms with Crippen LogP contribution in [0.1, 0.15) is 32.8 Å². The Labute approximate surface area is 134 Å². The topological polar surface area (TPSA) is 71.1 Å². The number of hydrogen-bond acceptors (Lipinski definition) is 4. The van der Waals surface area contributed by atoms with Crippen molar-refractivity contribution in [2.24, 2.45) is 5.92 Å². The molecule has 0 fully saturated rings. The Morgan fingerprint density at radius 1 is 1.32 bits per heavy atom. The lowest BCUT2D eigenvalue weighted by molar-refractivity contribution is -0.120. The van der Waals surface area contributed by atoms with Crippen LogP contribution >= 0.6 is 11.3 Å². The van der Waals surface area contributed by atoms with Crippen LogP contribution in [-0.2, 0) is 16.0 Å². The number of benzene rings is 1. The molecule has 22 heavy (non-hydrogen) atoms. The van der Waals surface area contributed by atoms with E-state index >= 15 is 0 Å². The summed E-state index contributed by atoms with van der Waals surface area (Å²) in [7, 11) is 0. The van der Waals surface area contributed by atoms with Crippen LogP contribution in [0.15, 0.2) is 18.2 Å². The number of amides is 2. The fraction of sp³-hybridized carbons (Fsp3) is 0.438. The minimum absolute atomic E-state index is 0.0339. The summed E-state index contributed by atoms with van der Waals surface area (Å²) in [5, 5.41) is 6.20. The first-order valence-electron chi connectivity index (χ1n) is 7.38. The van der Waals surface area contributed by atoms with E-state index < -0.39 is 0 Å². The van der Waals surface area contributed by atoms with E-state index in [4.69, 9.17) is 0 Å². The highest BCUT2D eigenvalue weighted by atomic mass is 32.1. The van der Waals surface area contributed by atoms with Crippen molar-refractivity contribution in [3.63, 3.8) is 0 Å². The average molecular weight is 319 g/mol. The molecule has 0 atom stereocenters. The van der Waals surface area contributed by atoms with Crippen LogP contribution in [0.25, 0.3) is 10.2 Å². The maximum Gasteiger partial charge on any atom is 0.224 e. The fourth-order valence-corrected chi connectivity index (χ4v) is 3.01. The predicted octanol–water partition coefficient (Wildman–Crippen LogP) is 2.96. The molecule has 0 saturated carbocycles. The van der Waals surface area contributed by atoms with Gasteiger partial charge in [-0.15, -0.1) is 0 Å². The quantitative estimate of drug-likeness (QED) is 0.860. The molecule has 0 spiro atoms. The molecule has 1 heterocycles. The normalized spacial score (nSPS) is 10.9. The number of carbonyl (C=O) groups is 2. The van der Waals surface area contributed by atoms with Crippen molar-refractivity contribution >= 4 is 38.5 Å². The van der Waals surface area contributed by atoms with E-state index in [9.17, 15) is 9.59 Å². The van der Waals surface area contributed by atoms with E-state index in [0.717, 1.165) is 22.2 Å². The van der Waals surface area contributed by atoms with Crippen LogP contribution < -0.4 is 10.6 Å². The van der Waals surface area contributed by atoms with Gasteiger partial charge in [-0.25, -0.2) is 4.98 Å². The van der Waals surface area contributed by atoms with E-state index in [0.29, 0.717) is 24.0 Å². The van der Waals surface area contributed by atoms with Gasteiger partial charge in [0.25, 0.3) is 0 Å². The van der Waals surface area contributed by atoms with Crippen molar-refractivity contribution in [3.05, 3.63) is 23.8 Å². The van der Waals surface area contributed by atoms with E-state index in [1.54, 1.807) is 0 Å². The molecule has 2 N–H and O–H groups in total. The Bertz CT molecular complexity index is 679. The molecule has 2 aromatic rings. The van der Waals surface area contributed by atoms with Crippen LogP contribution in [-0.4, -0.2) is 23.3 Å². The van der Waals surface area contributed by atoms with Crippen molar-refractivity contribution in [3.8, 4) is 0 Å². The van der Waals surface area contributed by atoms with Crippen molar-refractivity contribution in [2.75, 3.05) is 11.9 Å². The van der Waals surface area contributed by atoms with Gasteiger partial charge in [0, 0.05) is 13.5 Å². The summed E-state index contributed by atoms with van der Waals surface area (Å²) in [6, 6.07) is 5.75. The van der Waals surface area contributed by atoms with Gasteiger partial charge in [0.2, 0.25) is 11.8 Å². The van der Waals surface area contributed by atoms with Crippen LogP contribution in [0.4, 0.5) is 5.13 Å². The Hall–Kier alpha value is -1.95. The van der Waals surface area contributed by atoms with Crippen molar-refractivity contribution in [2.45, 2.75) is 33.6 Å². The molecular weight excluding hydrogens is 298 g/mol. The largest absolute Gasteiger partial charge is 0.356 e. The Balaban J connectivity index is 1.99. The second-order valence-electron chi connectivity index (χ2n) is 5.71. The summed E-state index contributed by atoms with van der Waals surface area (Å²) in [6.45, 7) is 6.44. The van der Waals surface area contributed by atoms with Gasteiger partial charge in [0.15, 0.2) is 5.13 Å². The van der Waals surface area contributed by atoms with Gasteiger partial charge in [-0.05, 0) is 30.0 Å². The summed E-state index contributed by atoms with van der Waals surface area (Å²) in [6.07, 6.45) is 1.35. The van der Waals surface area contributed by atoms with Gasteiger partial charge in [0.1, 0.15) is 0 Å². The van der Waals surface area contributed by atoms with Crippen LogP contribution in [0.3, 0.4) is 0 Å². The third-order valence-electron chi connectivity index (χ3n) is 3.14. The maximum absolute atomic E-state index is 11.9. The van der Waals surface area contributed by atoms with Gasteiger partial charge in [-0.2, -0.15) is 0 Å². The van der Waals surface area contributed by atoms with Crippen molar-refractivity contribution in [1.29, 1.82) is 0 Å². The highest BCUT2D eigenvalue weighted by molar-refractivity contribution is 7.22. The number of fused-ring (bicyclic) bond motifs is 1. The number of hydrogen-bond donors (Lipinski definition) is 2. The zero-order valence-corrected chi connectivity index (χ0v) is 13.9. The summed E-state index contributed by atoms with van der Waals surface area (Å²) in [5.41, 5.74) is 1.78. The van der Waals surface area contributed by atoms with Gasteiger partial charge in [0.05, 0.1) is 16.6 Å². The van der Waals surface area contributed by atoms with E-state index in [2.05, 4.69) is 29.5 Å². The highest BCUT2D eigenvalue weighted by Gasteiger charge is 2.08. The van der Waals surface area contributed by atoms with Gasteiger partial charge in [-0.3, -0.25) is 9.59 Å². The lowest BCUT2D eigenvalue weighted by Gasteiger charge is -2.07. The lowest BCUT2D eigenvalue weighted by atomic mass is 10.1. The smallest absolute Gasteiger partial charge is 0.224 e. The van der Waals surface area contributed by atoms with Crippen LogP contribution in [0.5, 0.6) is 0 Å². The van der Waals surface area contributed by atoms with Crippen molar-refractivity contribution < 1.29 is 9.59 Å². The maximum atomic E-state index is 11.9. The number of thiazole rings is 1. The number of rotatable bonds is 6. The van der Waals surface area contributed by atoms with E-state index in [-0.39, 0.29) is 11.8 Å². The number of aromatic nitrogens is 1. The second kappa shape index (κ2) is 7.35. The molecule has 2 rings (SSSR count). The Kier molecular flexibility index (Phi) is 5.49. The molecule has 0 aliphatic rings. The monoisotopic (exact) mass is 319 g/mol. The lowest BCUT2D eigenvalue weighted by Crippen LogP contribution is -2.26. The predicted molar refractivity (Wildman–Crippen MR) is 90.1 cm³/mol. The fourth-order valence-electron chi connectivity index (χ4n) is 2.03.